The number of carbonyl (C=O) groups is 1. The quantitative estimate of drug-likeness (QED) is 0.640. The van der Waals surface area contributed by atoms with Crippen LogP contribution in [0.4, 0.5) is 0 Å². The molecule has 0 aliphatic carbocycles. The largest absolute Gasteiger partial charge is 0.494 e. The van der Waals surface area contributed by atoms with Crippen LogP contribution in [0.5, 0.6) is 5.75 Å². The van der Waals surface area contributed by atoms with Gasteiger partial charge in [0.1, 0.15) is 5.75 Å². The third-order valence-corrected chi connectivity index (χ3v) is 2.95. The number of benzene rings is 1. The highest BCUT2D eigenvalue weighted by molar-refractivity contribution is 5.83. The lowest BCUT2D eigenvalue weighted by Crippen LogP contribution is -2.33. The minimum Gasteiger partial charge on any atom is -0.494 e. The Kier molecular flexibility index (Phi) is 5.30. The minimum atomic E-state index is -0.839. The van der Waals surface area contributed by atoms with E-state index in [1.807, 2.05) is 31.2 Å². The summed E-state index contributed by atoms with van der Waals surface area (Å²) in [6.45, 7) is 5.30. The fourth-order valence-corrected chi connectivity index (χ4v) is 2.02. The Hall–Kier alpha value is -1.92. The van der Waals surface area contributed by atoms with E-state index in [0.29, 0.717) is 19.8 Å². The molecule has 1 heterocycles. The second kappa shape index (κ2) is 7.19. The average Bonchev–Trinajstić information content (AvgIpc) is 2.86. The number of hydrazone groups is 1. The van der Waals surface area contributed by atoms with Gasteiger partial charge >= 0.3 is 0 Å². The van der Waals surface area contributed by atoms with Crippen LogP contribution in [0, 0.1) is 0 Å². The zero-order valence-corrected chi connectivity index (χ0v) is 12.3. The standard InChI is InChI=1S/C15H20N2O4/c1-3-19-13-6-4-5-12(9-13)11-16-17-14(18)10-15(2)20-7-8-21-15/h4-6,9,11H,3,7-8,10H2,1-2H3,(H,17,18)/b16-11-. The molecule has 114 valence electrons. The monoisotopic (exact) mass is 292 g/mol. The molecule has 1 aliphatic heterocycles. The highest BCUT2D eigenvalue weighted by Crippen LogP contribution is 2.22. The van der Waals surface area contributed by atoms with Gasteiger partial charge in [-0.05, 0) is 31.5 Å². The van der Waals surface area contributed by atoms with Gasteiger partial charge in [-0.2, -0.15) is 5.10 Å². The summed E-state index contributed by atoms with van der Waals surface area (Å²) in [5, 5.41) is 3.92. The first-order chi connectivity index (χ1) is 10.1. The van der Waals surface area contributed by atoms with Crippen LogP contribution in [0.25, 0.3) is 0 Å². The molecule has 21 heavy (non-hydrogen) atoms. The van der Waals surface area contributed by atoms with E-state index in [9.17, 15) is 4.79 Å². The molecule has 1 aliphatic rings. The van der Waals surface area contributed by atoms with Crippen molar-refractivity contribution in [2.45, 2.75) is 26.1 Å². The van der Waals surface area contributed by atoms with E-state index in [-0.39, 0.29) is 12.3 Å². The maximum atomic E-state index is 11.8. The molecule has 1 fully saturated rings. The third-order valence-electron chi connectivity index (χ3n) is 2.95. The predicted molar refractivity (Wildman–Crippen MR) is 78.3 cm³/mol. The molecule has 0 aromatic heterocycles. The Bertz CT molecular complexity index is 510. The maximum absolute atomic E-state index is 11.8. The van der Waals surface area contributed by atoms with Crippen LogP contribution in [-0.4, -0.2) is 37.7 Å². The van der Waals surface area contributed by atoms with Crippen LogP contribution in [0.1, 0.15) is 25.8 Å². The number of carbonyl (C=O) groups excluding carboxylic acids is 1. The molecule has 6 nitrogen and oxygen atoms in total. The van der Waals surface area contributed by atoms with Gasteiger partial charge in [-0.3, -0.25) is 4.79 Å². The van der Waals surface area contributed by atoms with Crippen LogP contribution in [0.3, 0.4) is 0 Å². The Morgan fingerprint density at radius 3 is 2.95 bits per heavy atom. The molecule has 2 rings (SSSR count). The van der Waals surface area contributed by atoms with E-state index >= 15 is 0 Å². The molecule has 0 atom stereocenters. The summed E-state index contributed by atoms with van der Waals surface area (Å²) in [6, 6.07) is 7.47. The Morgan fingerprint density at radius 2 is 2.24 bits per heavy atom. The molecule has 1 N–H and O–H groups in total. The van der Waals surface area contributed by atoms with Gasteiger partial charge in [0, 0.05) is 0 Å². The summed E-state index contributed by atoms with van der Waals surface area (Å²) in [5.41, 5.74) is 3.31. The number of nitrogens with one attached hydrogen (secondary N) is 1. The second-order valence-electron chi connectivity index (χ2n) is 4.81. The van der Waals surface area contributed by atoms with E-state index in [1.54, 1.807) is 13.1 Å². The summed E-state index contributed by atoms with van der Waals surface area (Å²) in [4.78, 5) is 11.8. The normalized spacial score (nSPS) is 17.0. The molecule has 0 bridgehead atoms. The number of hydrogen-bond donors (Lipinski definition) is 1. The Morgan fingerprint density at radius 1 is 1.48 bits per heavy atom. The van der Waals surface area contributed by atoms with Crippen molar-refractivity contribution in [1.82, 2.24) is 5.43 Å². The minimum absolute atomic E-state index is 0.114. The average molecular weight is 292 g/mol. The smallest absolute Gasteiger partial charge is 0.245 e. The van der Waals surface area contributed by atoms with Crippen molar-refractivity contribution >= 4 is 12.1 Å². The van der Waals surface area contributed by atoms with Gasteiger partial charge in [-0.1, -0.05) is 12.1 Å². The van der Waals surface area contributed by atoms with E-state index in [1.165, 1.54) is 0 Å². The van der Waals surface area contributed by atoms with Gasteiger partial charge in [0.2, 0.25) is 5.91 Å². The highest BCUT2D eigenvalue weighted by atomic mass is 16.7. The number of nitrogens with zero attached hydrogens (tertiary/aromatic N) is 1. The van der Waals surface area contributed by atoms with E-state index in [2.05, 4.69) is 10.5 Å². The van der Waals surface area contributed by atoms with Crippen LogP contribution >= 0.6 is 0 Å². The van der Waals surface area contributed by atoms with Crippen molar-refractivity contribution in [2.75, 3.05) is 19.8 Å². The van der Waals surface area contributed by atoms with Crippen molar-refractivity contribution in [1.29, 1.82) is 0 Å². The van der Waals surface area contributed by atoms with Gasteiger partial charge in [0.05, 0.1) is 32.5 Å². The van der Waals surface area contributed by atoms with Gasteiger partial charge in [-0.15, -0.1) is 0 Å². The lowest BCUT2D eigenvalue weighted by molar-refractivity contribution is -0.159. The summed E-state index contributed by atoms with van der Waals surface area (Å²) >= 11 is 0. The van der Waals surface area contributed by atoms with Gasteiger partial charge in [0.15, 0.2) is 5.79 Å². The van der Waals surface area contributed by atoms with Crippen LogP contribution in [-0.2, 0) is 14.3 Å². The van der Waals surface area contributed by atoms with Crippen molar-refractivity contribution in [3.8, 4) is 5.75 Å². The first-order valence-electron chi connectivity index (χ1n) is 6.94. The van der Waals surface area contributed by atoms with Crippen molar-refractivity contribution in [2.24, 2.45) is 5.10 Å². The molecular weight excluding hydrogens is 272 g/mol. The topological polar surface area (TPSA) is 69.2 Å². The second-order valence-corrected chi connectivity index (χ2v) is 4.81. The first kappa shape index (κ1) is 15.5. The number of rotatable bonds is 6. The van der Waals surface area contributed by atoms with E-state index in [4.69, 9.17) is 14.2 Å². The van der Waals surface area contributed by atoms with Crippen LogP contribution in [0.2, 0.25) is 0 Å². The summed E-state index contributed by atoms with van der Waals surface area (Å²) < 4.78 is 16.1. The number of ether oxygens (including phenoxy) is 3. The molecule has 0 saturated carbocycles. The van der Waals surface area contributed by atoms with Crippen LogP contribution in [0.15, 0.2) is 29.4 Å². The molecule has 0 unspecified atom stereocenters. The molecule has 6 heteroatoms. The lowest BCUT2D eigenvalue weighted by Gasteiger charge is -2.20. The third kappa shape index (κ3) is 4.84. The molecule has 0 radical (unpaired) electrons. The summed E-state index contributed by atoms with van der Waals surface area (Å²) in [7, 11) is 0. The molecule has 1 aromatic rings. The molecule has 1 amide bonds. The first-order valence-corrected chi connectivity index (χ1v) is 6.94. The van der Waals surface area contributed by atoms with Crippen molar-refractivity contribution < 1.29 is 19.0 Å². The zero-order valence-electron chi connectivity index (χ0n) is 12.3. The van der Waals surface area contributed by atoms with Crippen molar-refractivity contribution in [3.05, 3.63) is 29.8 Å². The van der Waals surface area contributed by atoms with Crippen molar-refractivity contribution in [3.63, 3.8) is 0 Å². The number of amides is 1. The Balaban J connectivity index is 1.84. The highest BCUT2D eigenvalue weighted by Gasteiger charge is 2.33. The summed E-state index contributed by atoms with van der Waals surface area (Å²) in [6.07, 6.45) is 1.68. The fraction of sp³-hybridized carbons (Fsp3) is 0.467. The predicted octanol–water partition coefficient (Wildman–Crippen LogP) is 1.69. The molecule has 1 saturated heterocycles. The Labute approximate surface area is 124 Å². The van der Waals surface area contributed by atoms with E-state index < -0.39 is 5.79 Å². The fourth-order valence-electron chi connectivity index (χ4n) is 2.02. The molecule has 1 aromatic carbocycles. The molecule has 0 spiro atoms. The SMILES string of the molecule is CCOc1cccc(/C=N\NC(=O)CC2(C)OCCO2)c1. The van der Waals surface area contributed by atoms with Crippen LogP contribution < -0.4 is 10.2 Å². The maximum Gasteiger partial charge on any atom is 0.245 e. The molecular formula is C15H20N2O4. The van der Waals surface area contributed by atoms with Gasteiger partial charge in [0.25, 0.3) is 0 Å². The number of hydrogen-bond acceptors (Lipinski definition) is 5. The summed E-state index contributed by atoms with van der Waals surface area (Å²) in [5.74, 6) is -0.321. The van der Waals surface area contributed by atoms with Gasteiger partial charge < -0.3 is 14.2 Å². The zero-order chi connectivity index (χ0) is 15.1. The van der Waals surface area contributed by atoms with Gasteiger partial charge in [-0.25, -0.2) is 5.43 Å². The lowest BCUT2D eigenvalue weighted by atomic mass is 10.2. The van der Waals surface area contributed by atoms with E-state index in [0.717, 1.165) is 11.3 Å².